The van der Waals surface area contributed by atoms with E-state index in [0.29, 0.717) is 12.0 Å². The Hall–Kier alpha value is -1.40. The fourth-order valence-electron chi connectivity index (χ4n) is 3.63. The molecule has 2 aliphatic heterocycles. The summed E-state index contributed by atoms with van der Waals surface area (Å²) in [6.45, 7) is 12.3. The van der Waals surface area contributed by atoms with Crippen LogP contribution >= 0.6 is 0 Å². The van der Waals surface area contributed by atoms with E-state index in [-0.39, 0.29) is 5.91 Å². The van der Waals surface area contributed by atoms with Crippen LogP contribution in [0.4, 0.5) is 0 Å². The molecule has 0 unspecified atom stereocenters. The minimum absolute atomic E-state index is 0.128. The molecule has 6 nitrogen and oxygen atoms in total. The second-order valence-electron chi connectivity index (χ2n) is 7.10. The first-order valence-corrected chi connectivity index (χ1v) is 9.29. The minimum atomic E-state index is 0.128. The zero-order valence-electron chi connectivity index (χ0n) is 15.2. The smallest absolute Gasteiger partial charge is 0.272 e. The molecule has 0 aromatic carbocycles. The fourth-order valence-corrected chi connectivity index (χ4v) is 3.63. The zero-order valence-corrected chi connectivity index (χ0v) is 15.2. The lowest BCUT2D eigenvalue weighted by molar-refractivity contribution is 0.0135. The van der Waals surface area contributed by atoms with Crippen LogP contribution in [0, 0.1) is 0 Å². The van der Waals surface area contributed by atoms with Gasteiger partial charge in [-0.2, -0.15) is 5.10 Å². The molecule has 1 aromatic heterocycles. The van der Waals surface area contributed by atoms with Gasteiger partial charge in [-0.25, -0.2) is 0 Å². The molecule has 0 aliphatic carbocycles. The second kappa shape index (κ2) is 7.66. The molecule has 6 heteroatoms. The number of carbonyl (C=O) groups excluding carboxylic acids is 1. The van der Waals surface area contributed by atoms with E-state index >= 15 is 0 Å². The summed E-state index contributed by atoms with van der Waals surface area (Å²) in [6.07, 6.45) is 2.24. The molecule has 3 heterocycles. The molecule has 2 saturated heterocycles. The lowest BCUT2D eigenvalue weighted by Crippen LogP contribution is -2.53. The number of amides is 1. The third-order valence-electron chi connectivity index (χ3n) is 5.22. The highest BCUT2D eigenvalue weighted by molar-refractivity contribution is 5.92. The van der Waals surface area contributed by atoms with E-state index in [1.807, 2.05) is 22.6 Å². The molecule has 2 aliphatic rings. The average Bonchev–Trinajstić information content (AvgIpc) is 3.07. The maximum Gasteiger partial charge on any atom is 0.272 e. The van der Waals surface area contributed by atoms with Crippen molar-refractivity contribution in [1.29, 1.82) is 0 Å². The van der Waals surface area contributed by atoms with E-state index in [4.69, 9.17) is 4.74 Å². The Balaban J connectivity index is 1.62. The van der Waals surface area contributed by atoms with Crippen molar-refractivity contribution in [2.45, 2.75) is 52.1 Å². The number of carbonyl (C=O) groups is 1. The molecule has 0 spiro atoms. The lowest BCUT2D eigenvalue weighted by atomic mass is 10.1. The van der Waals surface area contributed by atoms with E-state index in [0.717, 1.165) is 70.2 Å². The number of hydrogen-bond acceptors (Lipinski definition) is 4. The Morgan fingerprint density at radius 2 is 1.92 bits per heavy atom. The summed E-state index contributed by atoms with van der Waals surface area (Å²) in [4.78, 5) is 17.4. The summed E-state index contributed by atoms with van der Waals surface area (Å²) >= 11 is 0. The summed E-state index contributed by atoms with van der Waals surface area (Å²) in [6, 6.07) is 2.60. The van der Waals surface area contributed by atoms with Gasteiger partial charge in [-0.05, 0) is 31.7 Å². The molecule has 1 amide bonds. The third-order valence-corrected chi connectivity index (χ3v) is 5.22. The summed E-state index contributed by atoms with van der Waals surface area (Å²) in [5.74, 6) is 0.470. The van der Waals surface area contributed by atoms with Gasteiger partial charge < -0.3 is 9.64 Å². The highest BCUT2D eigenvalue weighted by Gasteiger charge is 2.29. The molecule has 0 saturated carbocycles. The highest BCUT2D eigenvalue weighted by atomic mass is 16.5. The van der Waals surface area contributed by atoms with Crippen molar-refractivity contribution >= 4 is 5.91 Å². The predicted octanol–water partition coefficient (Wildman–Crippen LogP) is 1.96. The van der Waals surface area contributed by atoms with Crippen molar-refractivity contribution < 1.29 is 9.53 Å². The van der Waals surface area contributed by atoms with Crippen LogP contribution in [0.25, 0.3) is 0 Å². The first-order chi connectivity index (χ1) is 11.6. The molecular weight excluding hydrogens is 304 g/mol. The van der Waals surface area contributed by atoms with Gasteiger partial charge in [-0.1, -0.05) is 13.8 Å². The molecular formula is C18H30N4O2. The lowest BCUT2D eigenvalue weighted by Gasteiger charge is -2.40. The molecule has 134 valence electrons. The Morgan fingerprint density at radius 1 is 1.25 bits per heavy atom. The molecule has 24 heavy (non-hydrogen) atoms. The summed E-state index contributed by atoms with van der Waals surface area (Å²) < 4.78 is 7.30. The molecule has 0 N–H and O–H groups in total. The largest absolute Gasteiger partial charge is 0.381 e. The minimum Gasteiger partial charge on any atom is -0.381 e. The van der Waals surface area contributed by atoms with E-state index in [1.165, 1.54) is 0 Å². The van der Waals surface area contributed by atoms with Crippen molar-refractivity contribution in [2.24, 2.45) is 0 Å². The molecule has 0 atom stereocenters. The first-order valence-electron chi connectivity index (χ1n) is 9.29. The Kier molecular flexibility index (Phi) is 5.56. The number of ether oxygens (including phenoxy) is 1. The number of aromatic nitrogens is 2. The first kappa shape index (κ1) is 17.4. The molecule has 2 fully saturated rings. The van der Waals surface area contributed by atoms with Crippen molar-refractivity contribution in [3.8, 4) is 0 Å². The third kappa shape index (κ3) is 3.64. The standard InChI is InChI=1S/C18H30N4O2/c1-4-22-17(13-16(19-22)14(2)3)18(23)21-9-7-20(8-10-21)15-5-11-24-12-6-15/h13-15H,4-12H2,1-3H3. The SMILES string of the molecule is CCn1nc(C(C)C)cc1C(=O)N1CCN(C2CCOCC2)CC1. The maximum atomic E-state index is 12.9. The van der Waals surface area contributed by atoms with Crippen LogP contribution in [0.2, 0.25) is 0 Å². The van der Waals surface area contributed by atoms with E-state index in [1.54, 1.807) is 0 Å². The van der Waals surface area contributed by atoms with Gasteiger partial charge in [-0.3, -0.25) is 14.4 Å². The van der Waals surface area contributed by atoms with Crippen molar-refractivity contribution in [3.05, 3.63) is 17.5 Å². The molecule has 0 bridgehead atoms. The summed E-state index contributed by atoms with van der Waals surface area (Å²) in [5.41, 5.74) is 1.74. The van der Waals surface area contributed by atoms with Crippen LogP contribution in [-0.4, -0.2) is 70.9 Å². The van der Waals surface area contributed by atoms with Crippen molar-refractivity contribution in [2.75, 3.05) is 39.4 Å². The number of aryl methyl sites for hydroxylation is 1. The van der Waals surface area contributed by atoms with E-state index < -0.39 is 0 Å². The van der Waals surface area contributed by atoms with E-state index in [9.17, 15) is 4.79 Å². The maximum absolute atomic E-state index is 12.9. The average molecular weight is 334 g/mol. The van der Waals surface area contributed by atoms with Crippen LogP contribution in [0.15, 0.2) is 6.07 Å². The van der Waals surface area contributed by atoms with Gasteiger partial charge in [0.1, 0.15) is 5.69 Å². The highest BCUT2D eigenvalue weighted by Crippen LogP contribution is 2.19. The van der Waals surface area contributed by atoms with Gasteiger partial charge in [0, 0.05) is 52.0 Å². The Morgan fingerprint density at radius 3 is 2.50 bits per heavy atom. The van der Waals surface area contributed by atoms with Crippen LogP contribution in [0.5, 0.6) is 0 Å². The number of piperazine rings is 1. The summed E-state index contributed by atoms with van der Waals surface area (Å²) in [7, 11) is 0. The van der Waals surface area contributed by atoms with Crippen molar-refractivity contribution in [1.82, 2.24) is 19.6 Å². The van der Waals surface area contributed by atoms with Crippen LogP contribution < -0.4 is 0 Å². The molecule has 1 aromatic rings. The number of rotatable bonds is 4. The quantitative estimate of drug-likeness (QED) is 0.845. The molecule has 3 rings (SSSR count). The van der Waals surface area contributed by atoms with Crippen LogP contribution in [-0.2, 0) is 11.3 Å². The van der Waals surface area contributed by atoms with Gasteiger partial charge in [0.25, 0.3) is 5.91 Å². The Bertz CT molecular complexity index is 555. The fraction of sp³-hybridized carbons (Fsp3) is 0.778. The van der Waals surface area contributed by atoms with Gasteiger partial charge in [0.15, 0.2) is 0 Å². The van der Waals surface area contributed by atoms with E-state index in [2.05, 4.69) is 23.8 Å². The number of nitrogens with zero attached hydrogens (tertiary/aromatic N) is 4. The monoisotopic (exact) mass is 334 g/mol. The van der Waals surface area contributed by atoms with Gasteiger partial charge in [0.05, 0.1) is 5.69 Å². The van der Waals surface area contributed by atoms with Gasteiger partial charge in [0.2, 0.25) is 0 Å². The Labute approximate surface area is 144 Å². The molecule has 0 radical (unpaired) electrons. The van der Waals surface area contributed by atoms with Crippen molar-refractivity contribution in [3.63, 3.8) is 0 Å². The topological polar surface area (TPSA) is 50.6 Å². The second-order valence-corrected chi connectivity index (χ2v) is 7.10. The van der Waals surface area contributed by atoms with Gasteiger partial charge in [-0.15, -0.1) is 0 Å². The van der Waals surface area contributed by atoms with Gasteiger partial charge >= 0.3 is 0 Å². The summed E-state index contributed by atoms with van der Waals surface area (Å²) in [5, 5.41) is 4.58. The predicted molar refractivity (Wildman–Crippen MR) is 93.3 cm³/mol. The van der Waals surface area contributed by atoms with Crippen LogP contribution in [0.1, 0.15) is 55.7 Å². The van der Waals surface area contributed by atoms with Crippen LogP contribution in [0.3, 0.4) is 0 Å². The normalized spacial score (nSPS) is 20.8. The zero-order chi connectivity index (χ0) is 17.1. The number of hydrogen-bond donors (Lipinski definition) is 0.